The third kappa shape index (κ3) is 5.41. The molecule has 2 heterocycles. The van der Waals surface area contributed by atoms with Crippen LogP contribution in [0.3, 0.4) is 0 Å². The van der Waals surface area contributed by atoms with Crippen molar-refractivity contribution in [2.24, 2.45) is 0 Å². The van der Waals surface area contributed by atoms with E-state index in [-0.39, 0.29) is 12.1 Å². The van der Waals surface area contributed by atoms with Crippen molar-refractivity contribution in [2.75, 3.05) is 13.2 Å². The lowest BCUT2D eigenvalue weighted by atomic mass is 10.0. The molecular weight excluding hydrogens is 306 g/mol. The lowest BCUT2D eigenvalue weighted by Gasteiger charge is -2.36. The maximum atomic E-state index is 12.4. The van der Waals surface area contributed by atoms with Crippen LogP contribution >= 0.6 is 0 Å². The summed E-state index contributed by atoms with van der Waals surface area (Å²) in [7, 11) is 0. The normalized spacial score (nSPS) is 17.9. The molecule has 1 atom stereocenters. The van der Waals surface area contributed by atoms with E-state index in [9.17, 15) is 4.79 Å². The number of nitrogens with zero attached hydrogens (tertiary/aromatic N) is 3. The molecule has 0 radical (unpaired) electrons. The fourth-order valence-corrected chi connectivity index (χ4v) is 2.72. The van der Waals surface area contributed by atoms with E-state index < -0.39 is 5.60 Å². The highest BCUT2D eigenvalue weighted by molar-refractivity contribution is 5.68. The average molecular weight is 331 g/mol. The van der Waals surface area contributed by atoms with Crippen molar-refractivity contribution in [2.45, 2.75) is 58.1 Å². The molecule has 6 heteroatoms. The Morgan fingerprint density at radius 1 is 1.46 bits per heavy atom. The predicted octanol–water partition coefficient (Wildman–Crippen LogP) is 3.51. The fourth-order valence-electron chi connectivity index (χ4n) is 2.72. The third-order valence-electron chi connectivity index (χ3n) is 3.82. The van der Waals surface area contributed by atoms with E-state index in [4.69, 9.17) is 14.7 Å². The van der Waals surface area contributed by atoms with E-state index in [1.807, 2.05) is 25.7 Å². The molecule has 1 aliphatic rings. The minimum Gasteiger partial charge on any atom is -0.478 e. The summed E-state index contributed by atoms with van der Waals surface area (Å²) in [6.07, 6.45) is 5.08. The number of pyridine rings is 1. The van der Waals surface area contributed by atoms with Crippen LogP contribution in [-0.4, -0.2) is 40.8 Å². The first kappa shape index (κ1) is 18.1. The summed E-state index contributed by atoms with van der Waals surface area (Å²) in [4.78, 5) is 18.3. The number of nitriles is 1. The van der Waals surface area contributed by atoms with Gasteiger partial charge < -0.3 is 14.4 Å². The van der Waals surface area contributed by atoms with Crippen LogP contribution in [0.2, 0.25) is 0 Å². The zero-order valence-electron chi connectivity index (χ0n) is 14.6. The van der Waals surface area contributed by atoms with Crippen molar-refractivity contribution < 1.29 is 14.3 Å². The van der Waals surface area contributed by atoms with Crippen LogP contribution in [0.25, 0.3) is 0 Å². The molecule has 1 aromatic rings. The van der Waals surface area contributed by atoms with Gasteiger partial charge in [0, 0.05) is 31.3 Å². The van der Waals surface area contributed by atoms with Gasteiger partial charge in [0.05, 0.1) is 18.2 Å². The van der Waals surface area contributed by atoms with Crippen LogP contribution in [0.15, 0.2) is 18.3 Å². The third-order valence-corrected chi connectivity index (χ3v) is 3.82. The molecule has 0 spiro atoms. The summed E-state index contributed by atoms with van der Waals surface area (Å²) in [6, 6.07) is 5.43. The number of carbonyl (C=O) groups excluding carboxylic acids is 1. The number of likely N-dealkylation sites (tertiary alicyclic amines) is 1. The quantitative estimate of drug-likeness (QED) is 0.844. The van der Waals surface area contributed by atoms with Crippen LogP contribution in [0.5, 0.6) is 5.88 Å². The first-order chi connectivity index (χ1) is 11.4. The molecular formula is C18H25N3O3. The van der Waals surface area contributed by atoms with Crippen molar-refractivity contribution >= 4 is 6.09 Å². The second-order valence-electron chi connectivity index (χ2n) is 6.96. The van der Waals surface area contributed by atoms with Crippen LogP contribution in [0.1, 0.15) is 52.0 Å². The van der Waals surface area contributed by atoms with Gasteiger partial charge >= 0.3 is 6.09 Å². The Hall–Kier alpha value is -2.29. The summed E-state index contributed by atoms with van der Waals surface area (Å²) in [5.41, 5.74) is 0.0325. The predicted molar refractivity (Wildman–Crippen MR) is 89.6 cm³/mol. The van der Waals surface area contributed by atoms with E-state index in [0.717, 1.165) is 32.2 Å². The van der Waals surface area contributed by atoms with Gasteiger partial charge in [-0.1, -0.05) is 0 Å². The van der Waals surface area contributed by atoms with E-state index >= 15 is 0 Å². The lowest BCUT2D eigenvalue weighted by Crippen LogP contribution is -2.46. The van der Waals surface area contributed by atoms with Gasteiger partial charge in [-0.15, -0.1) is 0 Å². The molecule has 1 fully saturated rings. The molecule has 1 amide bonds. The minimum absolute atomic E-state index is 0.118. The molecule has 1 saturated heterocycles. The summed E-state index contributed by atoms with van der Waals surface area (Å²) in [6.45, 7) is 6.80. The number of amides is 1. The first-order valence-electron chi connectivity index (χ1n) is 8.37. The largest absolute Gasteiger partial charge is 0.478 e. The second kappa shape index (κ2) is 8.00. The van der Waals surface area contributed by atoms with Crippen molar-refractivity contribution in [1.82, 2.24) is 9.88 Å². The molecule has 0 bridgehead atoms. The number of hydrogen-bond donors (Lipinski definition) is 0. The van der Waals surface area contributed by atoms with Gasteiger partial charge in [0.2, 0.25) is 5.88 Å². The molecule has 0 aliphatic carbocycles. The summed E-state index contributed by atoms with van der Waals surface area (Å²) in [5.74, 6) is 0.439. The molecule has 0 unspecified atom stereocenters. The van der Waals surface area contributed by atoms with Crippen molar-refractivity contribution in [3.05, 3.63) is 23.9 Å². The van der Waals surface area contributed by atoms with Crippen LogP contribution < -0.4 is 4.74 Å². The number of ether oxygens (including phenoxy) is 2. The minimum atomic E-state index is -0.489. The highest BCUT2D eigenvalue weighted by Gasteiger charge is 2.30. The maximum Gasteiger partial charge on any atom is 0.410 e. The smallest absolute Gasteiger partial charge is 0.410 e. The number of rotatable bonds is 4. The van der Waals surface area contributed by atoms with E-state index in [1.54, 1.807) is 18.3 Å². The Bertz CT molecular complexity index is 604. The summed E-state index contributed by atoms with van der Waals surface area (Å²) >= 11 is 0. The Morgan fingerprint density at radius 2 is 2.25 bits per heavy atom. The zero-order chi connectivity index (χ0) is 17.6. The topological polar surface area (TPSA) is 75.4 Å². The summed E-state index contributed by atoms with van der Waals surface area (Å²) in [5, 5.41) is 8.89. The Morgan fingerprint density at radius 3 is 2.96 bits per heavy atom. The van der Waals surface area contributed by atoms with Gasteiger partial charge in [-0.05, 0) is 46.1 Å². The second-order valence-corrected chi connectivity index (χ2v) is 6.96. The molecule has 1 aliphatic heterocycles. The van der Waals surface area contributed by atoms with Crippen molar-refractivity contribution in [1.29, 1.82) is 5.26 Å². The molecule has 0 saturated carbocycles. The van der Waals surface area contributed by atoms with Gasteiger partial charge in [0.25, 0.3) is 0 Å². The van der Waals surface area contributed by atoms with Crippen molar-refractivity contribution in [3.63, 3.8) is 0 Å². The molecule has 130 valence electrons. The van der Waals surface area contributed by atoms with Gasteiger partial charge in [0.15, 0.2) is 0 Å². The van der Waals surface area contributed by atoms with Gasteiger partial charge in [-0.25, -0.2) is 9.78 Å². The Labute approximate surface area is 143 Å². The van der Waals surface area contributed by atoms with Crippen molar-refractivity contribution in [3.8, 4) is 11.9 Å². The van der Waals surface area contributed by atoms with Gasteiger partial charge in [-0.3, -0.25) is 0 Å². The Kier molecular flexibility index (Phi) is 6.02. The standard InChI is InChI=1S/C18H25N3O3/c1-18(2,3)24-17(22)21-10-5-4-6-15(21)8-11-23-16-12-14(13-19)7-9-20-16/h7,9,12,15H,4-6,8,10-11H2,1-3H3/t15-/m0/s1. The SMILES string of the molecule is CC(C)(C)OC(=O)N1CCCC[C@H]1CCOc1cc(C#N)ccn1. The average Bonchev–Trinajstić information content (AvgIpc) is 2.54. The molecule has 0 N–H and O–H groups in total. The van der Waals surface area contributed by atoms with E-state index in [2.05, 4.69) is 11.1 Å². The maximum absolute atomic E-state index is 12.4. The van der Waals surface area contributed by atoms with Crippen LogP contribution in [-0.2, 0) is 4.74 Å². The monoisotopic (exact) mass is 331 g/mol. The lowest BCUT2D eigenvalue weighted by molar-refractivity contribution is 0.00738. The number of piperidine rings is 1. The van der Waals surface area contributed by atoms with Gasteiger partial charge in [0.1, 0.15) is 5.60 Å². The number of aromatic nitrogens is 1. The highest BCUT2D eigenvalue weighted by atomic mass is 16.6. The molecule has 0 aromatic carbocycles. The first-order valence-corrected chi connectivity index (χ1v) is 8.37. The number of carbonyl (C=O) groups is 1. The fraction of sp³-hybridized carbons (Fsp3) is 0.611. The van der Waals surface area contributed by atoms with E-state index in [1.165, 1.54) is 0 Å². The van der Waals surface area contributed by atoms with Gasteiger partial charge in [-0.2, -0.15) is 5.26 Å². The highest BCUT2D eigenvalue weighted by Crippen LogP contribution is 2.23. The van der Waals surface area contributed by atoms with E-state index in [0.29, 0.717) is 18.1 Å². The zero-order valence-corrected chi connectivity index (χ0v) is 14.6. The van der Waals surface area contributed by atoms with Crippen LogP contribution in [0.4, 0.5) is 4.79 Å². The molecule has 2 rings (SSSR count). The molecule has 1 aromatic heterocycles. The van der Waals surface area contributed by atoms with Crippen LogP contribution in [0, 0.1) is 11.3 Å². The summed E-state index contributed by atoms with van der Waals surface area (Å²) < 4.78 is 11.1. The molecule has 24 heavy (non-hydrogen) atoms. The molecule has 6 nitrogen and oxygen atoms in total. The Balaban J connectivity index is 1.89. The number of hydrogen-bond acceptors (Lipinski definition) is 5.